The predicted octanol–water partition coefficient (Wildman–Crippen LogP) is 3.65. The van der Waals surface area contributed by atoms with Crippen molar-refractivity contribution in [2.45, 2.75) is 59.2 Å². The van der Waals surface area contributed by atoms with Gasteiger partial charge in [0.25, 0.3) is 0 Å². The Morgan fingerprint density at radius 1 is 1.50 bits per heavy atom. The molecule has 0 aromatic carbocycles. The van der Waals surface area contributed by atoms with Gasteiger partial charge >= 0.3 is 5.97 Å². The summed E-state index contributed by atoms with van der Waals surface area (Å²) in [6.07, 6.45) is 8.49. The second kappa shape index (κ2) is 5.36. The Balaban J connectivity index is 2.05. The molecule has 1 aliphatic carbocycles. The lowest BCUT2D eigenvalue weighted by Crippen LogP contribution is -2.27. The molecule has 1 fully saturated rings. The lowest BCUT2D eigenvalue weighted by molar-refractivity contribution is -0.144. The quantitative estimate of drug-likeness (QED) is 0.447. The monoisotopic (exact) mass is 278 g/mol. The zero-order valence-corrected chi connectivity index (χ0v) is 13.2. The number of hydrogen-bond acceptors (Lipinski definition) is 3. The molecule has 0 N–H and O–H groups in total. The molecule has 0 radical (unpaired) electrons. The van der Waals surface area contributed by atoms with Crippen molar-refractivity contribution in [2.75, 3.05) is 6.61 Å². The molecule has 1 aliphatic heterocycles. The highest BCUT2D eigenvalue weighted by Crippen LogP contribution is 2.44. The van der Waals surface area contributed by atoms with E-state index in [1.165, 1.54) is 12.0 Å². The van der Waals surface area contributed by atoms with Crippen molar-refractivity contribution >= 4 is 5.97 Å². The zero-order chi connectivity index (χ0) is 15.0. The molecule has 0 spiro atoms. The number of carbonyl (C=O) groups is 1. The summed E-state index contributed by atoms with van der Waals surface area (Å²) in [4.78, 5) is 11.7. The Hall–Kier alpha value is -1.09. The van der Waals surface area contributed by atoms with Crippen LogP contribution in [0.5, 0.6) is 0 Å². The van der Waals surface area contributed by atoms with E-state index >= 15 is 0 Å². The minimum Gasteiger partial charge on any atom is -0.464 e. The topological polar surface area (TPSA) is 38.8 Å². The first-order chi connectivity index (χ1) is 9.30. The van der Waals surface area contributed by atoms with Gasteiger partial charge in [-0.1, -0.05) is 37.6 Å². The standard InChI is InChI=1S/C17H26O3/c1-6-19-15(18)14-17(5,20-14)11-9-13-12(2)8-7-10-16(13,3)4/h8-9,11,13-14H,6-7,10H2,1-5H3/b11-9+. The third-order valence-corrected chi connectivity index (χ3v) is 4.54. The van der Waals surface area contributed by atoms with E-state index in [4.69, 9.17) is 9.47 Å². The molecule has 1 heterocycles. The lowest BCUT2D eigenvalue weighted by atomic mass is 9.68. The van der Waals surface area contributed by atoms with Crippen LogP contribution < -0.4 is 0 Å². The first kappa shape index (κ1) is 15.3. The van der Waals surface area contributed by atoms with Crippen molar-refractivity contribution in [3.63, 3.8) is 0 Å². The van der Waals surface area contributed by atoms with Gasteiger partial charge in [0.15, 0.2) is 6.10 Å². The molecular weight excluding hydrogens is 252 g/mol. The van der Waals surface area contributed by atoms with Crippen molar-refractivity contribution < 1.29 is 14.3 Å². The molecule has 0 amide bonds. The Kier molecular flexibility index (Phi) is 4.10. The smallest absolute Gasteiger partial charge is 0.338 e. The number of ether oxygens (including phenoxy) is 2. The number of epoxide rings is 1. The summed E-state index contributed by atoms with van der Waals surface area (Å²) in [7, 11) is 0. The maximum atomic E-state index is 11.7. The van der Waals surface area contributed by atoms with Crippen molar-refractivity contribution in [1.29, 1.82) is 0 Å². The summed E-state index contributed by atoms with van der Waals surface area (Å²) < 4.78 is 10.5. The average Bonchev–Trinajstić information content (AvgIpc) is 3.01. The first-order valence-electron chi connectivity index (χ1n) is 7.50. The van der Waals surface area contributed by atoms with E-state index in [1.54, 1.807) is 0 Å². The number of allylic oxidation sites excluding steroid dienone is 3. The number of hydrogen-bond donors (Lipinski definition) is 0. The summed E-state index contributed by atoms with van der Waals surface area (Å²) in [5, 5.41) is 0. The molecule has 20 heavy (non-hydrogen) atoms. The van der Waals surface area contributed by atoms with E-state index in [2.05, 4.69) is 32.9 Å². The molecule has 112 valence electrons. The van der Waals surface area contributed by atoms with Crippen LogP contribution in [-0.2, 0) is 14.3 Å². The Morgan fingerprint density at radius 2 is 2.20 bits per heavy atom. The highest BCUT2D eigenvalue weighted by molar-refractivity contribution is 5.80. The fourth-order valence-corrected chi connectivity index (χ4v) is 3.12. The van der Waals surface area contributed by atoms with Crippen LogP contribution in [0.2, 0.25) is 0 Å². The predicted molar refractivity (Wildman–Crippen MR) is 79.3 cm³/mol. The summed E-state index contributed by atoms with van der Waals surface area (Å²) >= 11 is 0. The van der Waals surface area contributed by atoms with Gasteiger partial charge in [-0.15, -0.1) is 0 Å². The highest BCUT2D eigenvalue weighted by Gasteiger charge is 2.56. The molecule has 0 aromatic heterocycles. The summed E-state index contributed by atoms with van der Waals surface area (Å²) in [5.41, 5.74) is 1.19. The van der Waals surface area contributed by atoms with Crippen LogP contribution in [0.4, 0.5) is 0 Å². The summed E-state index contributed by atoms with van der Waals surface area (Å²) in [5.74, 6) is 0.162. The number of rotatable bonds is 4. The van der Waals surface area contributed by atoms with Crippen LogP contribution in [0.15, 0.2) is 23.8 Å². The lowest BCUT2D eigenvalue weighted by Gasteiger charge is -2.36. The highest BCUT2D eigenvalue weighted by atomic mass is 16.7. The van der Waals surface area contributed by atoms with Gasteiger partial charge in [0.1, 0.15) is 5.60 Å². The van der Waals surface area contributed by atoms with E-state index in [1.807, 2.05) is 19.9 Å². The minimum absolute atomic E-state index is 0.255. The molecule has 3 unspecified atom stereocenters. The van der Waals surface area contributed by atoms with E-state index in [0.717, 1.165) is 6.42 Å². The molecule has 0 bridgehead atoms. The van der Waals surface area contributed by atoms with Gasteiger partial charge in [0.2, 0.25) is 0 Å². The van der Waals surface area contributed by atoms with Gasteiger partial charge in [-0.05, 0) is 39.0 Å². The van der Waals surface area contributed by atoms with Crippen LogP contribution >= 0.6 is 0 Å². The molecular formula is C17H26O3. The van der Waals surface area contributed by atoms with Gasteiger partial charge in [0.05, 0.1) is 6.61 Å². The summed E-state index contributed by atoms with van der Waals surface area (Å²) in [6.45, 7) is 11.0. The zero-order valence-electron chi connectivity index (χ0n) is 13.2. The van der Waals surface area contributed by atoms with Gasteiger partial charge in [-0.3, -0.25) is 0 Å². The van der Waals surface area contributed by atoms with Crippen LogP contribution in [0.1, 0.15) is 47.5 Å². The minimum atomic E-state index is -0.486. The van der Waals surface area contributed by atoms with Crippen LogP contribution in [0.3, 0.4) is 0 Å². The van der Waals surface area contributed by atoms with Gasteiger partial charge in [-0.25, -0.2) is 4.79 Å². The average molecular weight is 278 g/mol. The number of esters is 1. The maximum absolute atomic E-state index is 11.7. The molecule has 1 saturated heterocycles. The summed E-state index contributed by atoms with van der Waals surface area (Å²) in [6, 6.07) is 0. The van der Waals surface area contributed by atoms with E-state index in [-0.39, 0.29) is 11.4 Å². The molecule has 3 heteroatoms. The Labute approximate surface area is 122 Å². The van der Waals surface area contributed by atoms with Crippen LogP contribution in [0.25, 0.3) is 0 Å². The molecule has 0 saturated carbocycles. The van der Waals surface area contributed by atoms with Crippen LogP contribution in [-0.4, -0.2) is 24.3 Å². The van der Waals surface area contributed by atoms with E-state index in [9.17, 15) is 4.79 Å². The largest absolute Gasteiger partial charge is 0.464 e. The third kappa shape index (κ3) is 2.98. The van der Waals surface area contributed by atoms with E-state index in [0.29, 0.717) is 12.5 Å². The van der Waals surface area contributed by atoms with Gasteiger partial charge in [0, 0.05) is 5.92 Å². The van der Waals surface area contributed by atoms with Crippen molar-refractivity contribution in [3.05, 3.63) is 23.8 Å². The Bertz CT molecular complexity index is 447. The third-order valence-electron chi connectivity index (χ3n) is 4.54. The van der Waals surface area contributed by atoms with Gasteiger partial charge < -0.3 is 9.47 Å². The first-order valence-corrected chi connectivity index (χ1v) is 7.50. The molecule has 2 rings (SSSR count). The molecule has 3 atom stereocenters. The van der Waals surface area contributed by atoms with E-state index < -0.39 is 11.7 Å². The van der Waals surface area contributed by atoms with Crippen molar-refractivity contribution in [3.8, 4) is 0 Å². The SMILES string of the molecule is CCOC(=O)C1OC1(C)/C=C/C1C(C)=CCCC1(C)C. The number of carbonyl (C=O) groups excluding carboxylic acids is 1. The van der Waals surface area contributed by atoms with Gasteiger partial charge in [-0.2, -0.15) is 0 Å². The fourth-order valence-electron chi connectivity index (χ4n) is 3.12. The molecule has 0 aromatic rings. The second-order valence-electron chi connectivity index (χ2n) is 6.75. The van der Waals surface area contributed by atoms with Crippen molar-refractivity contribution in [1.82, 2.24) is 0 Å². The fraction of sp³-hybridized carbons (Fsp3) is 0.706. The molecule has 3 nitrogen and oxygen atoms in total. The van der Waals surface area contributed by atoms with Crippen molar-refractivity contribution in [2.24, 2.45) is 11.3 Å². The maximum Gasteiger partial charge on any atom is 0.338 e. The normalized spacial score (nSPS) is 35.8. The second-order valence-corrected chi connectivity index (χ2v) is 6.75. The molecule has 2 aliphatic rings. The van der Waals surface area contributed by atoms with Crippen LogP contribution in [0, 0.1) is 11.3 Å². The Morgan fingerprint density at radius 3 is 2.80 bits per heavy atom.